The molecule has 1 aromatic carbocycles. The van der Waals surface area contributed by atoms with Crippen molar-refractivity contribution in [3.05, 3.63) is 51.5 Å². The Bertz CT molecular complexity index is 570. The van der Waals surface area contributed by atoms with Crippen LogP contribution in [0, 0.1) is 0 Å². The second-order valence-electron chi connectivity index (χ2n) is 6.27. The highest BCUT2D eigenvalue weighted by molar-refractivity contribution is 7.12. The van der Waals surface area contributed by atoms with E-state index < -0.39 is 0 Å². The summed E-state index contributed by atoms with van der Waals surface area (Å²) in [5.41, 5.74) is 2.53. The summed E-state index contributed by atoms with van der Waals surface area (Å²) in [5, 5.41) is 4.73. The van der Waals surface area contributed by atoms with Gasteiger partial charge >= 0.3 is 0 Å². The van der Waals surface area contributed by atoms with Crippen molar-refractivity contribution < 1.29 is 0 Å². The average Bonchev–Trinajstić information content (AvgIpc) is 2.90. The third kappa shape index (κ3) is 3.72. The molecule has 0 radical (unpaired) electrons. The number of aryl methyl sites for hydroxylation is 1. The van der Waals surface area contributed by atoms with Crippen LogP contribution >= 0.6 is 11.3 Å². The lowest BCUT2D eigenvalue weighted by atomic mass is 9.85. The molecule has 1 heterocycles. The van der Waals surface area contributed by atoms with Crippen molar-refractivity contribution in [2.24, 2.45) is 0 Å². The highest BCUT2D eigenvalue weighted by Gasteiger charge is 2.27. The molecule has 2 aromatic rings. The van der Waals surface area contributed by atoms with Crippen LogP contribution in [0.1, 0.15) is 55.8 Å². The summed E-state index contributed by atoms with van der Waals surface area (Å²) in [4.78, 5) is 6.31. The molecule has 1 aromatic heterocycles. The molecule has 2 nitrogen and oxygen atoms in total. The van der Waals surface area contributed by atoms with Crippen LogP contribution in [0.25, 0.3) is 0 Å². The van der Waals surface area contributed by atoms with Crippen molar-refractivity contribution in [3.63, 3.8) is 0 Å². The Morgan fingerprint density at radius 2 is 1.86 bits per heavy atom. The standard InChI is InChI=1S/C18H26N2S/c1-6-15-16(12-19-13(2)3)21-17(20-15)18(4,5)14-10-8-7-9-11-14/h7-11,13,19H,6,12H2,1-5H3. The van der Waals surface area contributed by atoms with E-state index in [9.17, 15) is 0 Å². The molecule has 0 fully saturated rings. The smallest absolute Gasteiger partial charge is 0.103 e. The maximum Gasteiger partial charge on any atom is 0.103 e. The second-order valence-corrected chi connectivity index (χ2v) is 7.35. The van der Waals surface area contributed by atoms with Gasteiger partial charge in [0.15, 0.2) is 0 Å². The Morgan fingerprint density at radius 3 is 2.43 bits per heavy atom. The van der Waals surface area contributed by atoms with Gasteiger partial charge in [0, 0.05) is 22.9 Å². The minimum atomic E-state index is -0.0358. The fourth-order valence-electron chi connectivity index (χ4n) is 2.34. The van der Waals surface area contributed by atoms with Crippen molar-refractivity contribution in [1.82, 2.24) is 10.3 Å². The number of rotatable bonds is 6. The van der Waals surface area contributed by atoms with E-state index in [2.05, 4.69) is 70.3 Å². The van der Waals surface area contributed by atoms with Crippen molar-refractivity contribution in [2.45, 2.75) is 59.0 Å². The van der Waals surface area contributed by atoms with Crippen molar-refractivity contribution in [1.29, 1.82) is 0 Å². The van der Waals surface area contributed by atoms with Gasteiger partial charge in [-0.1, -0.05) is 51.1 Å². The van der Waals surface area contributed by atoms with E-state index in [-0.39, 0.29) is 5.41 Å². The Balaban J connectivity index is 2.31. The topological polar surface area (TPSA) is 24.9 Å². The predicted octanol–water partition coefficient (Wildman–Crippen LogP) is 4.53. The number of aromatic nitrogens is 1. The van der Waals surface area contributed by atoms with E-state index in [0.29, 0.717) is 6.04 Å². The minimum Gasteiger partial charge on any atom is -0.310 e. The number of nitrogens with one attached hydrogen (secondary N) is 1. The van der Waals surface area contributed by atoms with Crippen LogP contribution < -0.4 is 5.32 Å². The fraction of sp³-hybridized carbons (Fsp3) is 0.500. The highest BCUT2D eigenvalue weighted by atomic mass is 32.1. The average molecular weight is 302 g/mol. The largest absolute Gasteiger partial charge is 0.310 e. The molecule has 0 aliphatic heterocycles. The van der Waals surface area contributed by atoms with Crippen LogP contribution in [0.2, 0.25) is 0 Å². The molecule has 1 N–H and O–H groups in total. The van der Waals surface area contributed by atoms with Gasteiger partial charge in [0.1, 0.15) is 5.01 Å². The fourth-order valence-corrected chi connectivity index (χ4v) is 3.57. The molecule has 2 rings (SSSR count). The van der Waals surface area contributed by atoms with E-state index in [1.54, 1.807) is 0 Å². The Kier molecular flexibility index (Phi) is 5.17. The highest BCUT2D eigenvalue weighted by Crippen LogP contribution is 2.35. The molecule has 21 heavy (non-hydrogen) atoms. The Morgan fingerprint density at radius 1 is 1.19 bits per heavy atom. The first-order valence-electron chi connectivity index (χ1n) is 7.73. The summed E-state index contributed by atoms with van der Waals surface area (Å²) in [6.45, 7) is 12.0. The summed E-state index contributed by atoms with van der Waals surface area (Å²) < 4.78 is 0. The van der Waals surface area contributed by atoms with Crippen LogP contribution in [0.5, 0.6) is 0 Å². The third-order valence-corrected chi connectivity index (χ3v) is 5.24. The number of thiazole rings is 1. The molecule has 0 saturated carbocycles. The van der Waals surface area contributed by atoms with Gasteiger partial charge in [0.2, 0.25) is 0 Å². The SMILES string of the molecule is CCc1nc(C(C)(C)c2ccccc2)sc1CNC(C)C. The number of hydrogen-bond donors (Lipinski definition) is 1. The quantitative estimate of drug-likeness (QED) is 0.848. The lowest BCUT2D eigenvalue weighted by Gasteiger charge is -2.22. The molecule has 0 amide bonds. The normalized spacial score (nSPS) is 12.1. The Hall–Kier alpha value is -1.19. The van der Waals surface area contributed by atoms with E-state index in [1.165, 1.54) is 21.1 Å². The van der Waals surface area contributed by atoms with Gasteiger partial charge in [0.05, 0.1) is 5.69 Å². The minimum absolute atomic E-state index is 0.0358. The molecule has 0 bridgehead atoms. The summed E-state index contributed by atoms with van der Waals surface area (Å²) in [5.74, 6) is 0. The summed E-state index contributed by atoms with van der Waals surface area (Å²) in [7, 11) is 0. The van der Waals surface area contributed by atoms with Gasteiger partial charge in [-0.25, -0.2) is 4.98 Å². The molecule has 0 saturated heterocycles. The van der Waals surface area contributed by atoms with E-state index in [1.807, 2.05) is 11.3 Å². The Labute approximate surface area is 132 Å². The molecule has 0 aliphatic carbocycles. The molecule has 3 heteroatoms. The molecule has 0 atom stereocenters. The second kappa shape index (κ2) is 6.71. The van der Waals surface area contributed by atoms with E-state index >= 15 is 0 Å². The van der Waals surface area contributed by atoms with Crippen LogP contribution in [0.3, 0.4) is 0 Å². The lowest BCUT2D eigenvalue weighted by Crippen LogP contribution is -2.21. The zero-order valence-corrected chi connectivity index (χ0v) is 14.6. The zero-order valence-electron chi connectivity index (χ0n) is 13.7. The molecule has 0 spiro atoms. The van der Waals surface area contributed by atoms with Crippen LogP contribution in [-0.2, 0) is 18.4 Å². The van der Waals surface area contributed by atoms with Gasteiger partial charge in [0.25, 0.3) is 0 Å². The van der Waals surface area contributed by atoms with E-state index in [0.717, 1.165) is 13.0 Å². The molecular formula is C18H26N2S. The molecular weight excluding hydrogens is 276 g/mol. The van der Waals surface area contributed by atoms with Crippen LogP contribution in [0.4, 0.5) is 0 Å². The van der Waals surface area contributed by atoms with Gasteiger partial charge in [-0.05, 0) is 25.8 Å². The maximum absolute atomic E-state index is 4.93. The van der Waals surface area contributed by atoms with Gasteiger partial charge in [-0.2, -0.15) is 0 Å². The number of nitrogens with zero attached hydrogens (tertiary/aromatic N) is 1. The first-order valence-corrected chi connectivity index (χ1v) is 8.54. The maximum atomic E-state index is 4.93. The van der Waals surface area contributed by atoms with Crippen molar-refractivity contribution >= 4 is 11.3 Å². The summed E-state index contributed by atoms with van der Waals surface area (Å²) in [6, 6.07) is 11.2. The molecule has 0 unspecified atom stereocenters. The first-order chi connectivity index (χ1) is 9.95. The predicted molar refractivity (Wildman–Crippen MR) is 92.0 cm³/mol. The van der Waals surface area contributed by atoms with Crippen molar-refractivity contribution in [3.8, 4) is 0 Å². The van der Waals surface area contributed by atoms with E-state index in [4.69, 9.17) is 4.98 Å². The summed E-state index contributed by atoms with van der Waals surface area (Å²) >= 11 is 1.85. The van der Waals surface area contributed by atoms with Crippen LogP contribution in [0.15, 0.2) is 30.3 Å². The van der Waals surface area contributed by atoms with Gasteiger partial charge in [-0.15, -0.1) is 11.3 Å². The monoisotopic (exact) mass is 302 g/mol. The van der Waals surface area contributed by atoms with Gasteiger partial charge in [-0.3, -0.25) is 0 Å². The summed E-state index contributed by atoms with van der Waals surface area (Å²) in [6.07, 6.45) is 0.997. The van der Waals surface area contributed by atoms with Crippen LogP contribution in [-0.4, -0.2) is 11.0 Å². The molecule has 0 aliphatic rings. The first kappa shape index (κ1) is 16.2. The van der Waals surface area contributed by atoms with Crippen molar-refractivity contribution in [2.75, 3.05) is 0 Å². The molecule has 114 valence electrons. The van der Waals surface area contributed by atoms with Gasteiger partial charge < -0.3 is 5.32 Å². The number of benzene rings is 1. The zero-order chi connectivity index (χ0) is 15.5. The number of hydrogen-bond acceptors (Lipinski definition) is 3. The lowest BCUT2D eigenvalue weighted by molar-refractivity contribution is 0.590. The third-order valence-electron chi connectivity index (χ3n) is 3.81.